The molecule has 1 aliphatic heterocycles. The molecule has 1 saturated heterocycles. The van der Waals surface area contributed by atoms with Gasteiger partial charge in [-0.1, -0.05) is 92.7 Å². The van der Waals surface area contributed by atoms with Crippen molar-refractivity contribution in [2.75, 3.05) is 20.3 Å². The summed E-state index contributed by atoms with van der Waals surface area (Å²) in [6, 6.07) is 23.9. The van der Waals surface area contributed by atoms with Gasteiger partial charge >= 0.3 is 12.1 Å². The highest BCUT2D eigenvalue weighted by atomic mass is 16.5. The highest BCUT2D eigenvalue weighted by Crippen LogP contribution is 2.44. The van der Waals surface area contributed by atoms with Gasteiger partial charge in [-0.15, -0.1) is 0 Å². The lowest BCUT2D eigenvalue weighted by molar-refractivity contribution is -0.169. The maximum Gasteiger partial charge on any atom is 0.407 e. The monoisotopic (exact) mass is 597 g/mol. The lowest BCUT2D eigenvalue weighted by Gasteiger charge is -2.43. The summed E-state index contributed by atoms with van der Waals surface area (Å²) in [5.74, 6) is -1.16. The van der Waals surface area contributed by atoms with Crippen LogP contribution in [0.1, 0.15) is 49.3 Å². The fourth-order valence-corrected chi connectivity index (χ4v) is 6.17. The van der Waals surface area contributed by atoms with Crippen molar-refractivity contribution in [2.45, 2.75) is 57.2 Å². The van der Waals surface area contributed by atoms with Crippen molar-refractivity contribution in [3.63, 3.8) is 0 Å². The number of benzene rings is 3. The zero-order valence-corrected chi connectivity index (χ0v) is 25.3. The average molecular weight is 598 g/mol. The van der Waals surface area contributed by atoms with E-state index in [1.54, 1.807) is 0 Å². The highest BCUT2D eigenvalue weighted by Gasteiger charge is 2.48. The second kappa shape index (κ2) is 13.8. The number of likely N-dealkylation sites (tertiary alicyclic amines) is 1. The molecule has 9 nitrogen and oxygen atoms in total. The topological polar surface area (TPSA) is 114 Å². The number of alkyl carbamates (subject to hydrolysis) is 1. The fraction of sp³-hybridized carbons (Fsp3) is 0.371. The first-order chi connectivity index (χ1) is 21.3. The summed E-state index contributed by atoms with van der Waals surface area (Å²) in [4.78, 5) is 52.7. The smallest absolute Gasteiger partial charge is 0.407 e. The second-order valence-corrected chi connectivity index (χ2v) is 11.8. The fourth-order valence-electron chi connectivity index (χ4n) is 6.17. The molecule has 0 aromatic heterocycles. The third-order valence-electron chi connectivity index (χ3n) is 8.31. The number of methoxy groups -OCH3 is 1. The third-order valence-corrected chi connectivity index (χ3v) is 8.31. The number of fused-ring (bicyclic) bond motifs is 3. The molecule has 3 aromatic carbocycles. The van der Waals surface area contributed by atoms with Gasteiger partial charge in [0.25, 0.3) is 0 Å². The quantitative estimate of drug-likeness (QED) is 0.236. The van der Waals surface area contributed by atoms with E-state index in [2.05, 4.69) is 34.9 Å². The van der Waals surface area contributed by atoms with Crippen LogP contribution in [0.2, 0.25) is 0 Å². The summed E-state index contributed by atoms with van der Waals surface area (Å²) in [7, 11) is 1.27. The van der Waals surface area contributed by atoms with Crippen LogP contribution >= 0.6 is 0 Å². The predicted octanol–water partition coefficient (Wildman–Crippen LogP) is 4.44. The van der Waals surface area contributed by atoms with Crippen LogP contribution < -0.4 is 10.6 Å². The maximum atomic E-state index is 13.5. The van der Waals surface area contributed by atoms with E-state index in [9.17, 15) is 19.2 Å². The van der Waals surface area contributed by atoms with E-state index < -0.39 is 30.2 Å². The third kappa shape index (κ3) is 6.77. The van der Waals surface area contributed by atoms with E-state index in [1.807, 2.05) is 68.4 Å². The summed E-state index contributed by atoms with van der Waals surface area (Å²) in [5.41, 5.74) is 5.52. The van der Waals surface area contributed by atoms with Gasteiger partial charge in [-0.25, -0.2) is 9.59 Å². The number of carbonyl (C=O) groups is 4. The van der Waals surface area contributed by atoms with Crippen LogP contribution in [0.4, 0.5) is 4.79 Å². The Kier molecular flexibility index (Phi) is 9.62. The molecule has 1 aliphatic carbocycles. The summed E-state index contributed by atoms with van der Waals surface area (Å²) in [6.07, 6.45) is 0.278. The van der Waals surface area contributed by atoms with Gasteiger partial charge in [0.05, 0.1) is 19.6 Å². The average Bonchev–Trinajstić information content (AvgIpc) is 3.34. The molecule has 1 heterocycles. The van der Waals surface area contributed by atoms with Crippen molar-refractivity contribution < 1.29 is 28.7 Å². The zero-order valence-electron chi connectivity index (χ0n) is 25.3. The molecule has 1 fully saturated rings. The van der Waals surface area contributed by atoms with E-state index >= 15 is 0 Å². The van der Waals surface area contributed by atoms with E-state index in [-0.39, 0.29) is 43.2 Å². The van der Waals surface area contributed by atoms with Crippen LogP contribution in [0.3, 0.4) is 0 Å². The Morgan fingerprint density at radius 1 is 0.909 bits per heavy atom. The van der Waals surface area contributed by atoms with E-state index in [0.717, 1.165) is 27.8 Å². The molecule has 3 aromatic rings. The number of hydrogen-bond donors (Lipinski definition) is 2. The number of carbonyl (C=O) groups excluding carboxylic acids is 4. The molecule has 0 radical (unpaired) electrons. The van der Waals surface area contributed by atoms with Crippen molar-refractivity contribution in [1.29, 1.82) is 0 Å². The van der Waals surface area contributed by atoms with Crippen molar-refractivity contribution in [3.05, 3.63) is 95.6 Å². The second-order valence-electron chi connectivity index (χ2n) is 11.8. The Balaban J connectivity index is 1.26. The first kappa shape index (κ1) is 30.8. The molecular weight excluding hydrogens is 558 g/mol. The molecule has 230 valence electrons. The van der Waals surface area contributed by atoms with E-state index in [4.69, 9.17) is 9.47 Å². The van der Waals surface area contributed by atoms with Crippen LogP contribution in [0.25, 0.3) is 11.1 Å². The number of nitrogens with zero attached hydrogens (tertiary/aromatic N) is 1. The minimum atomic E-state index is -0.827. The number of esters is 1. The maximum absolute atomic E-state index is 13.5. The molecule has 0 bridgehead atoms. The van der Waals surface area contributed by atoms with Crippen molar-refractivity contribution in [3.8, 4) is 11.1 Å². The Labute approximate surface area is 257 Å². The first-order valence-corrected chi connectivity index (χ1v) is 15.1. The van der Waals surface area contributed by atoms with Crippen molar-refractivity contribution >= 4 is 23.9 Å². The Morgan fingerprint density at radius 3 is 2.11 bits per heavy atom. The Morgan fingerprint density at radius 2 is 1.52 bits per heavy atom. The van der Waals surface area contributed by atoms with Crippen LogP contribution in [0.15, 0.2) is 78.9 Å². The molecule has 2 aliphatic rings. The zero-order chi connectivity index (χ0) is 31.2. The standard InChI is InChI=1S/C35H39N3O6/c1-22(2)17-30(38-31(19-32(38)39)34(41)43-3)33(40)36-20-24(18-23-11-5-4-6-12-23)37-35(42)44-21-29-27-15-9-7-13-25(27)26-14-8-10-16-28(26)29/h4-16,22,24,29-31H,17-21H2,1-3H3,(H,36,40)(H,37,42)/t24-,30?,31+/m0/s1. The summed E-state index contributed by atoms with van der Waals surface area (Å²) >= 11 is 0. The summed E-state index contributed by atoms with van der Waals surface area (Å²) in [6.45, 7) is 4.19. The molecule has 5 rings (SSSR count). The lowest BCUT2D eigenvalue weighted by Crippen LogP contribution is -2.65. The molecule has 3 atom stereocenters. The van der Waals surface area contributed by atoms with Gasteiger partial charge in [-0.05, 0) is 46.6 Å². The molecule has 1 unspecified atom stereocenters. The van der Waals surface area contributed by atoms with E-state index in [0.29, 0.717) is 12.8 Å². The van der Waals surface area contributed by atoms with E-state index in [1.165, 1.54) is 12.0 Å². The van der Waals surface area contributed by atoms with Gasteiger partial charge < -0.3 is 25.0 Å². The largest absolute Gasteiger partial charge is 0.467 e. The molecule has 0 saturated carbocycles. The normalized spacial score (nSPS) is 16.8. The SMILES string of the molecule is COC(=O)[C@H]1CC(=O)N1C(CC(C)C)C(=O)NC[C@H](Cc1ccccc1)NC(=O)OCC1c2ccccc2-c2ccccc21. The molecule has 2 N–H and O–H groups in total. The summed E-state index contributed by atoms with van der Waals surface area (Å²) in [5, 5.41) is 5.87. The van der Waals surface area contributed by atoms with Crippen molar-refractivity contribution in [2.24, 2.45) is 5.92 Å². The minimum Gasteiger partial charge on any atom is -0.467 e. The molecule has 0 spiro atoms. The van der Waals surface area contributed by atoms with Crippen LogP contribution in [-0.4, -0.2) is 67.2 Å². The van der Waals surface area contributed by atoms with Gasteiger partial charge in [0.2, 0.25) is 11.8 Å². The van der Waals surface area contributed by atoms with Gasteiger partial charge in [0, 0.05) is 12.5 Å². The van der Waals surface area contributed by atoms with Gasteiger partial charge in [0.15, 0.2) is 0 Å². The minimum absolute atomic E-state index is 0.0223. The van der Waals surface area contributed by atoms with Crippen LogP contribution in [0.5, 0.6) is 0 Å². The number of nitrogens with one attached hydrogen (secondary N) is 2. The number of amides is 3. The van der Waals surface area contributed by atoms with Gasteiger partial charge in [-0.2, -0.15) is 0 Å². The molecular formula is C35H39N3O6. The van der Waals surface area contributed by atoms with Crippen LogP contribution in [0, 0.1) is 5.92 Å². The van der Waals surface area contributed by atoms with Gasteiger partial charge in [0.1, 0.15) is 18.7 Å². The molecule has 3 amide bonds. The molecule has 44 heavy (non-hydrogen) atoms. The Bertz CT molecular complexity index is 1460. The summed E-state index contributed by atoms with van der Waals surface area (Å²) < 4.78 is 10.6. The predicted molar refractivity (Wildman–Crippen MR) is 166 cm³/mol. The number of ether oxygens (including phenoxy) is 2. The van der Waals surface area contributed by atoms with Crippen LogP contribution in [-0.2, 0) is 30.3 Å². The molecule has 9 heteroatoms. The number of β-lactam (4-membered cyclic amide) rings is 1. The Hall–Kier alpha value is -4.66. The lowest BCUT2D eigenvalue weighted by atomic mass is 9.93. The van der Waals surface area contributed by atoms with Gasteiger partial charge in [-0.3, -0.25) is 9.59 Å². The number of rotatable bonds is 12. The first-order valence-electron chi connectivity index (χ1n) is 15.1. The number of hydrogen-bond acceptors (Lipinski definition) is 6. The van der Waals surface area contributed by atoms with Crippen molar-refractivity contribution in [1.82, 2.24) is 15.5 Å². The highest BCUT2D eigenvalue weighted by molar-refractivity contribution is 5.98.